The number of ketones is 1. The van der Waals surface area contributed by atoms with Crippen molar-refractivity contribution < 1.29 is 33.0 Å². The minimum Gasteiger partial charge on any atom is -0.472 e. The first-order valence-electron chi connectivity index (χ1n) is 13.5. The zero-order chi connectivity index (χ0) is 26.8. The fourth-order valence-electron chi connectivity index (χ4n) is 10.2. The molecule has 7 heteroatoms. The van der Waals surface area contributed by atoms with Crippen LogP contribution >= 0.6 is 0 Å². The van der Waals surface area contributed by atoms with Crippen LogP contribution < -0.4 is 0 Å². The summed E-state index contributed by atoms with van der Waals surface area (Å²) < 4.78 is 24.6. The highest BCUT2D eigenvalue weighted by Crippen LogP contribution is 2.82. The predicted molar refractivity (Wildman–Crippen MR) is 133 cm³/mol. The van der Waals surface area contributed by atoms with Gasteiger partial charge in [0.2, 0.25) is 0 Å². The van der Waals surface area contributed by atoms with Crippen molar-refractivity contribution in [2.75, 3.05) is 0 Å². The summed E-state index contributed by atoms with van der Waals surface area (Å²) in [5.74, 6) is -0.933. The van der Waals surface area contributed by atoms with E-state index in [0.29, 0.717) is 0 Å². The third kappa shape index (κ3) is 2.79. The van der Waals surface area contributed by atoms with E-state index in [9.17, 15) is 14.4 Å². The van der Waals surface area contributed by atoms with E-state index in [0.717, 1.165) is 19.3 Å². The lowest BCUT2D eigenvalue weighted by molar-refractivity contribution is -0.273. The van der Waals surface area contributed by atoms with Crippen LogP contribution in [0.25, 0.3) is 0 Å². The second-order valence-corrected chi connectivity index (χ2v) is 13.3. The molecule has 200 valence electrons. The lowest BCUT2D eigenvalue weighted by Gasteiger charge is -2.69. The number of epoxide rings is 1. The summed E-state index contributed by atoms with van der Waals surface area (Å²) in [4.78, 5) is 38.5. The lowest BCUT2D eigenvalue weighted by atomic mass is 9.36. The molecular weight excluding hydrogens is 472 g/mol. The van der Waals surface area contributed by atoms with Gasteiger partial charge in [0.25, 0.3) is 0 Å². The van der Waals surface area contributed by atoms with Crippen molar-refractivity contribution in [1.82, 2.24) is 0 Å². The van der Waals surface area contributed by atoms with E-state index in [1.54, 1.807) is 12.3 Å². The molecule has 0 bridgehead atoms. The topological polar surface area (TPSA) is 95.3 Å². The minimum absolute atomic E-state index is 0.00227. The van der Waals surface area contributed by atoms with Gasteiger partial charge in [-0.25, -0.2) is 0 Å². The second kappa shape index (κ2) is 7.37. The third-order valence-electron chi connectivity index (χ3n) is 11.5. The van der Waals surface area contributed by atoms with Gasteiger partial charge in [-0.05, 0) is 54.2 Å². The number of hydrogen-bond donors (Lipinski definition) is 0. The smallest absolute Gasteiger partial charge is 0.303 e. The highest BCUT2D eigenvalue weighted by atomic mass is 16.6. The molecule has 0 unspecified atom stereocenters. The summed E-state index contributed by atoms with van der Waals surface area (Å²) in [6.07, 6.45) is 8.48. The van der Waals surface area contributed by atoms with E-state index in [-0.39, 0.29) is 35.1 Å². The van der Waals surface area contributed by atoms with E-state index in [1.165, 1.54) is 19.4 Å². The van der Waals surface area contributed by atoms with Crippen LogP contribution in [0.4, 0.5) is 0 Å². The average Bonchev–Trinajstić information content (AvgIpc) is 3.16. The summed E-state index contributed by atoms with van der Waals surface area (Å²) in [5.41, 5.74) is -1.54. The fourth-order valence-corrected chi connectivity index (χ4v) is 10.2. The Hall–Kier alpha value is -2.41. The molecule has 0 amide bonds. The van der Waals surface area contributed by atoms with Crippen LogP contribution in [-0.2, 0) is 28.6 Å². The van der Waals surface area contributed by atoms with Gasteiger partial charge in [-0.3, -0.25) is 14.4 Å². The van der Waals surface area contributed by atoms with E-state index in [1.807, 2.05) is 32.3 Å². The molecule has 0 N–H and O–H groups in total. The molecular formula is C30H38O7. The number of fused-ring (bicyclic) bond motifs is 3. The Morgan fingerprint density at radius 2 is 1.76 bits per heavy atom. The van der Waals surface area contributed by atoms with Crippen molar-refractivity contribution in [3.05, 3.63) is 36.3 Å². The summed E-state index contributed by atoms with van der Waals surface area (Å²) >= 11 is 0. The van der Waals surface area contributed by atoms with Crippen molar-refractivity contribution in [3.63, 3.8) is 0 Å². The molecule has 0 radical (unpaired) electrons. The van der Waals surface area contributed by atoms with Crippen LogP contribution in [0.2, 0.25) is 0 Å². The number of esters is 2. The molecule has 2 heterocycles. The number of furan rings is 1. The van der Waals surface area contributed by atoms with Crippen LogP contribution in [0.15, 0.2) is 35.2 Å². The van der Waals surface area contributed by atoms with Crippen LogP contribution in [0.1, 0.15) is 79.2 Å². The number of carbonyl (C=O) groups is 3. The summed E-state index contributed by atoms with van der Waals surface area (Å²) in [7, 11) is 0. The molecule has 5 aliphatic rings. The van der Waals surface area contributed by atoms with Crippen LogP contribution in [0.3, 0.4) is 0 Å². The summed E-state index contributed by atoms with van der Waals surface area (Å²) in [6, 6.07) is 2.05. The van der Waals surface area contributed by atoms with Gasteiger partial charge in [-0.1, -0.05) is 40.7 Å². The number of carbonyl (C=O) groups excluding carboxylic acids is 3. The summed E-state index contributed by atoms with van der Waals surface area (Å²) in [6.45, 7) is 13.3. The zero-order valence-electron chi connectivity index (χ0n) is 22.8. The third-order valence-corrected chi connectivity index (χ3v) is 11.5. The maximum absolute atomic E-state index is 13.2. The molecule has 4 fully saturated rings. The monoisotopic (exact) mass is 510 g/mol. The highest BCUT2D eigenvalue weighted by Gasteiger charge is 2.88. The molecule has 7 nitrogen and oxygen atoms in total. The van der Waals surface area contributed by atoms with Crippen molar-refractivity contribution in [2.24, 2.45) is 33.5 Å². The molecule has 37 heavy (non-hydrogen) atoms. The Kier molecular flexibility index (Phi) is 4.96. The Balaban J connectivity index is 1.58. The number of hydrogen-bond acceptors (Lipinski definition) is 7. The molecule has 10 atom stereocenters. The van der Waals surface area contributed by atoms with E-state index in [2.05, 4.69) is 20.8 Å². The summed E-state index contributed by atoms with van der Waals surface area (Å²) in [5, 5.41) is 0. The van der Waals surface area contributed by atoms with Crippen molar-refractivity contribution >= 4 is 17.7 Å². The Morgan fingerprint density at radius 3 is 2.38 bits per heavy atom. The van der Waals surface area contributed by atoms with E-state index < -0.39 is 46.0 Å². The van der Waals surface area contributed by atoms with Crippen LogP contribution in [0, 0.1) is 33.5 Å². The highest BCUT2D eigenvalue weighted by molar-refractivity contribution is 5.96. The first-order valence-corrected chi connectivity index (χ1v) is 13.5. The SMILES string of the molecule is CC(=O)O[C@H]1[C@@H](OC(C)=O)[C@]2(C)[C@H](CC[C@@]3(C)[C@H](c4ccoc4)C[C@H]4O[C@@]423)[C@@]2(C)C=CC(=O)C(C)(C)[C@H]12. The average molecular weight is 511 g/mol. The first-order chi connectivity index (χ1) is 17.2. The van der Waals surface area contributed by atoms with E-state index >= 15 is 0 Å². The molecule has 1 aliphatic heterocycles. The van der Waals surface area contributed by atoms with Gasteiger partial charge in [0, 0.05) is 36.0 Å². The van der Waals surface area contributed by atoms with Crippen molar-refractivity contribution in [3.8, 4) is 0 Å². The first kappa shape index (κ1) is 24.9. The predicted octanol–water partition coefficient (Wildman–Crippen LogP) is 4.99. The van der Waals surface area contributed by atoms with Gasteiger partial charge in [0.15, 0.2) is 5.78 Å². The fraction of sp³-hybridized carbons (Fsp3) is 0.700. The van der Waals surface area contributed by atoms with Crippen molar-refractivity contribution in [2.45, 2.75) is 97.6 Å². The molecule has 3 saturated carbocycles. The Bertz CT molecular complexity index is 1200. The zero-order valence-corrected chi connectivity index (χ0v) is 22.8. The number of allylic oxidation sites excluding steroid dienone is 2. The van der Waals surface area contributed by atoms with Gasteiger partial charge in [-0.2, -0.15) is 0 Å². The molecule has 0 aromatic carbocycles. The largest absolute Gasteiger partial charge is 0.472 e. The van der Waals surface area contributed by atoms with Gasteiger partial charge >= 0.3 is 11.9 Å². The van der Waals surface area contributed by atoms with E-state index in [4.69, 9.17) is 18.6 Å². The molecule has 6 rings (SSSR count). The molecule has 1 saturated heterocycles. The molecule has 1 spiro atoms. The Labute approximate surface area is 218 Å². The van der Waals surface area contributed by atoms with Crippen molar-refractivity contribution in [1.29, 1.82) is 0 Å². The second-order valence-electron chi connectivity index (χ2n) is 13.3. The normalized spacial score (nSPS) is 48.8. The van der Waals surface area contributed by atoms with Gasteiger partial charge in [0.1, 0.15) is 17.8 Å². The van der Waals surface area contributed by atoms with Gasteiger partial charge in [-0.15, -0.1) is 0 Å². The quantitative estimate of drug-likeness (QED) is 0.417. The maximum atomic E-state index is 13.2. The number of ether oxygens (including phenoxy) is 3. The standard InChI is InChI=1S/C30H38O7/c1-16(31)35-23-24-26(3,4)21(33)9-11-27(24,5)20-8-12-28(6)19(18-10-13-34-15-18)14-22-30(28,37-22)29(20,7)25(23)36-17(2)32/h9-11,13,15,19-20,22-25H,8,12,14H2,1-7H3/t19-,20+,22+,23+,24-,25+,27+,28-,29-,30+/m0/s1. The minimum atomic E-state index is -0.805. The maximum Gasteiger partial charge on any atom is 0.303 e. The number of rotatable bonds is 3. The molecule has 1 aromatic rings. The van der Waals surface area contributed by atoms with Crippen LogP contribution in [-0.4, -0.2) is 41.6 Å². The molecule has 4 aliphatic carbocycles. The Morgan fingerprint density at radius 1 is 1.05 bits per heavy atom. The lowest BCUT2D eigenvalue weighted by Crippen LogP contribution is -2.75. The van der Waals surface area contributed by atoms with Gasteiger partial charge < -0.3 is 18.6 Å². The van der Waals surface area contributed by atoms with Gasteiger partial charge in [0.05, 0.1) is 18.6 Å². The molecule has 1 aromatic heterocycles. The van der Waals surface area contributed by atoms with Crippen LogP contribution in [0.5, 0.6) is 0 Å².